The van der Waals surface area contributed by atoms with Gasteiger partial charge in [-0.15, -0.1) is 5.10 Å². The van der Waals surface area contributed by atoms with E-state index in [1.165, 1.54) is 38.8 Å². The molecule has 5 N–H and O–H groups in total. The van der Waals surface area contributed by atoms with E-state index in [2.05, 4.69) is 10.3 Å². The summed E-state index contributed by atoms with van der Waals surface area (Å²) in [5.74, 6) is -5.84. The first-order valence-electron chi connectivity index (χ1n) is 29.3. The second-order valence-electron chi connectivity index (χ2n) is 26.2. The monoisotopic (exact) mass is 1160 g/mol. The maximum Gasteiger partial charge on any atom is 0.414 e. The predicted molar refractivity (Wildman–Crippen MR) is 299 cm³/mol. The van der Waals surface area contributed by atoms with Crippen LogP contribution in [-0.4, -0.2) is 207 Å². The van der Waals surface area contributed by atoms with Crippen LogP contribution >= 0.6 is 0 Å². The van der Waals surface area contributed by atoms with Gasteiger partial charge in [0.1, 0.15) is 41.6 Å². The Kier molecular flexibility index (Phi) is 20.4. The average Bonchev–Trinajstić information content (AvgIpc) is 4.09. The summed E-state index contributed by atoms with van der Waals surface area (Å²) in [5.41, 5.74) is -4.89. The van der Waals surface area contributed by atoms with Crippen molar-refractivity contribution in [1.82, 2.24) is 19.9 Å². The van der Waals surface area contributed by atoms with Crippen LogP contribution in [0.4, 0.5) is 20.6 Å². The van der Waals surface area contributed by atoms with Crippen LogP contribution in [0.3, 0.4) is 0 Å². The summed E-state index contributed by atoms with van der Waals surface area (Å²) in [6, 6.07) is 4.22. The molecule has 5 aliphatic heterocycles. The van der Waals surface area contributed by atoms with Gasteiger partial charge in [-0.1, -0.05) is 46.8 Å². The van der Waals surface area contributed by atoms with Gasteiger partial charge in [-0.3, -0.25) is 19.4 Å². The summed E-state index contributed by atoms with van der Waals surface area (Å²) >= 11 is 0. The molecule has 1 amide bonds. The number of benzene rings is 1. The molecular weight excluding hydrogens is 1070 g/mol. The fraction of sp³-hybridized carbons (Fsp3) is 0.814. The smallest absolute Gasteiger partial charge is 0.414 e. The first-order valence-corrected chi connectivity index (χ1v) is 29.3. The number of hydrogen-bond donors (Lipinski definition) is 5. The van der Waals surface area contributed by atoms with Crippen LogP contribution in [0.5, 0.6) is 0 Å². The molecule has 1 aromatic carbocycles. The number of amides is 1. The summed E-state index contributed by atoms with van der Waals surface area (Å²) in [7, 11) is 3.36. The van der Waals surface area contributed by atoms with Crippen LogP contribution in [0.25, 0.3) is 0 Å². The van der Waals surface area contributed by atoms with Gasteiger partial charge in [-0.25, -0.2) is 13.9 Å². The van der Waals surface area contributed by atoms with Crippen LogP contribution in [0.15, 0.2) is 24.4 Å². The average molecular weight is 1160 g/mol. The molecule has 6 heterocycles. The SMILES string of the molecule is CC[C@H]1OC(=O)[C@H](C)[C@@H](O[C@H]2C[C@@](C)(OC)[C@@H](O)[C@H](C)O2)[C@H](C)[C@@H](O[C@@H]2O[C@H](C)C[C@H](N(C)CC(C)(C)c3cn(C(C)(C)C[C@H]4CN(c5ccc(N6CCOCC6)c(F)c5)C(=O)O4)nn3)[C@H]2O)[C@](C)(O)C[C@@H](C)C(=O)[C@H](C)[C@@H](O)[C@]1(C)O. The summed E-state index contributed by atoms with van der Waals surface area (Å²) < 4.78 is 66.5. The maximum atomic E-state index is 15.4. The van der Waals surface area contributed by atoms with Crippen LogP contribution in [-0.2, 0) is 58.4 Å². The number of rotatable bonds is 15. The minimum absolute atomic E-state index is 0.0390. The molecule has 464 valence electrons. The van der Waals surface area contributed by atoms with Gasteiger partial charge in [0.15, 0.2) is 12.6 Å². The Labute approximate surface area is 483 Å². The van der Waals surface area contributed by atoms with Crippen molar-refractivity contribution in [2.75, 3.05) is 63.4 Å². The highest BCUT2D eigenvalue weighted by molar-refractivity contribution is 5.90. The van der Waals surface area contributed by atoms with Crippen molar-refractivity contribution >= 4 is 29.2 Å². The van der Waals surface area contributed by atoms with Crippen molar-refractivity contribution in [1.29, 1.82) is 0 Å². The first-order chi connectivity index (χ1) is 38.2. The van der Waals surface area contributed by atoms with Gasteiger partial charge in [-0.05, 0) is 99.9 Å². The normalized spacial score (nSPS) is 38.8. The number of cyclic esters (lactones) is 2. The van der Waals surface area contributed by atoms with Gasteiger partial charge in [0.2, 0.25) is 0 Å². The molecule has 1 aromatic heterocycles. The van der Waals surface area contributed by atoms with Crippen molar-refractivity contribution in [3.63, 3.8) is 0 Å². The van der Waals surface area contributed by atoms with Crippen molar-refractivity contribution < 1.29 is 82.2 Å². The lowest BCUT2D eigenvalue weighted by Gasteiger charge is -2.49. The Morgan fingerprint density at radius 1 is 0.902 bits per heavy atom. The van der Waals surface area contributed by atoms with Crippen LogP contribution < -0.4 is 9.80 Å². The number of esters is 1. The number of aromatic nitrogens is 3. The number of morpholine rings is 1. The second-order valence-corrected chi connectivity index (χ2v) is 26.2. The number of Topliss-reactive ketones (excluding diaryl/α,β-unsaturated/α-hetero) is 1. The number of hydrogen-bond acceptors (Lipinski definition) is 20. The van der Waals surface area contributed by atoms with Crippen molar-refractivity contribution in [2.24, 2.45) is 23.7 Å². The molecule has 7 rings (SSSR count). The van der Waals surface area contributed by atoms with E-state index in [4.69, 9.17) is 37.9 Å². The molecule has 0 aliphatic carbocycles. The molecule has 5 saturated heterocycles. The third-order valence-electron chi connectivity index (χ3n) is 18.4. The lowest BCUT2D eigenvalue weighted by molar-refractivity contribution is -0.318. The number of aliphatic hydroxyl groups is 5. The number of likely N-dealkylation sites (N-methyl/N-ethyl adjacent to an activating group) is 1. The van der Waals surface area contributed by atoms with E-state index in [0.717, 1.165) is 0 Å². The highest BCUT2D eigenvalue weighted by Gasteiger charge is 2.54. The Morgan fingerprint density at radius 3 is 2.21 bits per heavy atom. The van der Waals surface area contributed by atoms with E-state index >= 15 is 4.39 Å². The van der Waals surface area contributed by atoms with Gasteiger partial charge in [0.05, 0.1) is 90.0 Å². The molecule has 0 saturated carbocycles. The van der Waals surface area contributed by atoms with E-state index in [-0.39, 0.29) is 25.8 Å². The van der Waals surface area contributed by atoms with E-state index in [1.54, 1.807) is 58.4 Å². The van der Waals surface area contributed by atoms with E-state index in [9.17, 15) is 39.9 Å². The lowest BCUT2D eigenvalue weighted by Crippen LogP contribution is -2.61. The Balaban J connectivity index is 1.10. The molecule has 5 aliphatic rings. The Hall–Kier alpha value is -3.98. The molecule has 5 fully saturated rings. The lowest BCUT2D eigenvalue weighted by atomic mass is 9.74. The first kappa shape index (κ1) is 65.6. The number of ketones is 1. The molecule has 23 heteroatoms. The van der Waals surface area contributed by atoms with E-state index in [1.807, 2.05) is 57.7 Å². The third-order valence-corrected chi connectivity index (χ3v) is 18.4. The topological polar surface area (TPSA) is 267 Å². The predicted octanol–water partition coefficient (Wildman–Crippen LogP) is 4.85. The fourth-order valence-corrected chi connectivity index (χ4v) is 13.2. The van der Waals surface area contributed by atoms with Crippen LogP contribution in [0.2, 0.25) is 0 Å². The quantitative estimate of drug-likeness (QED) is 0.149. The fourth-order valence-electron chi connectivity index (χ4n) is 13.2. The largest absolute Gasteiger partial charge is 0.459 e. The van der Waals surface area contributed by atoms with Gasteiger partial charge < -0.3 is 68.3 Å². The molecule has 0 spiro atoms. The standard InChI is InChI=1S/C59H95FN6O16/c1-17-44-59(14,74)49(69)34(4)46(67)32(2)26-57(12,73)51(35(5)48(36(6)52(71)80-44)81-45-28-58(13,75-16)50(70)37(7)78-45)82-53-47(68)42(24-33(3)77-53)63(15)31-55(8,9)43-30-66(62-61-43)56(10,11)27-39-29-65(54(72)79-39)38-18-19-41(40(60)25-38)64-20-22-76-23-21-64/h18-19,25,30,32-37,39,42,44-45,47-51,53,68-70,73-74H,17,20-24,26-29,31H2,1-16H3/t32-,33-,34+,35+,36-,37+,39+,42+,44-,45+,47-,48+,49-,50+,51-,53+,57-,58-,59-/m1/s1. The number of halogens is 1. The Bertz CT molecular complexity index is 2510. The van der Waals surface area contributed by atoms with Crippen LogP contribution in [0.1, 0.15) is 135 Å². The van der Waals surface area contributed by atoms with Crippen molar-refractivity contribution in [2.45, 2.75) is 230 Å². The van der Waals surface area contributed by atoms with Crippen molar-refractivity contribution in [3.05, 3.63) is 35.9 Å². The number of aliphatic hydroxyl groups excluding tert-OH is 3. The summed E-state index contributed by atoms with van der Waals surface area (Å²) in [6.45, 7) is 27.0. The summed E-state index contributed by atoms with van der Waals surface area (Å²) in [5, 5.41) is 69.0. The Morgan fingerprint density at radius 2 is 1.57 bits per heavy atom. The van der Waals surface area contributed by atoms with Gasteiger partial charge >= 0.3 is 12.1 Å². The summed E-state index contributed by atoms with van der Waals surface area (Å²) in [6.07, 6.45) is -9.96. The highest BCUT2D eigenvalue weighted by atomic mass is 19.1. The second kappa shape index (κ2) is 25.5. The molecule has 22 nitrogen and oxygen atoms in total. The molecule has 0 radical (unpaired) electrons. The van der Waals surface area contributed by atoms with Gasteiger partial charge in [0, 0.05) is 75.0 Å². The van der Waals surface area contributed by atoms with E-state index in [0.29, 0.717) is 62.8 Å². The molecular formula is C59H95FN6O16. The molecule has 19 atom stereocenters. The van der Waals surface area contributed by atoms with Crippen LogP contribution in [0, 0.1) is 29.5 Å². The minimum Gasteiger partial charge on any atom is -0.459 e. The number of methoxy groups -OCH3 is 1. The summed E-state index contributed by atoms with van der Waals surface area (Å²) in [4.78, 5) is 47.3. The number of ether oxygens (including phenoxy) is 8. The van der Waals surface area contributed by atoms with Gasteiger partial charge in [-0.2, -0.15) is 0 Å². The van der Waals surface area contributed by atoms with Gasteiger partial charge in [0.25, 0.3) is 0 Å². The highest BCUT2D eigenvalue weighted by Crippen LogP contribution is 2.42. The molecule has 82 heavy (non-hydrogen) atoms. The third kappa shape index (κ3) is 14.0. The molecule has 0 bridgehead atoms. The number of carbonyl (C=O) groups is 3. The zero-order valence-corrected chi connectivity index (χ0v) is 51.1. The number of nitrogens with zero attached hydrogens (tertiary/aromatic N) is 6. The zero-order valence-electron chi connectivity index (χ0n) is 51.1. The molecule has 2 aromatic rings. The van der Waals surface area contributed by atoms with Crippen molar-refractivity contribution in [3.8, 4) is 0 Å². The molecule has 0 unspecified atom stereocenters. The minimum atomic E-state index is -2.06. The number of carbonyl (C=O) groups excluding carboxylic acids is 3. The number of anilines is 2. The maximum absolute atomic E-state index is 15.4. The zero-order chi connectivity index (χ0) is 60.8. The van der Waals surface area contributed by atoms with E-state index < -0.39 is 149 Å².